The standard InChI is InChI=1S/C12H25NO4Si/c1-3-13-6-4-8-16-18(14-2)9-5-7-15-11-12(10-13)17-18/h12H,3-11H2,1-2H3. The van der Waals surface area contributed by atoms with E-state index in [1.165, 1.54) is 0 Å². The molecule has 0 amide bonds. The molecule has 2 aliphatic heterocycles. The van der Waals surface area contributed by atoms with E-state index in [2.05, 4.69) is 11.8 Å². The molecule has 2 aliphatic rings. The van der Waals surface area contributed by atoms with Gasteiger partial charge in [-0.25, -0.2) is 0 Å². The Morgan fingerprint density at radius 2 is 2.22 bits per heavy atom. The smallest absolute Gasteiger partial charge is 0.379 e. The Morgan fingerprint density at radius 1 is 1.33 bits per heavy atom. The molecule has 0 radical (unpaired) electrons. The first kappa shape index (κ1) is 14.4. The Hall–Kier alpha value is 0.0169. The highest BCUT2D eigenvalue weighted by Gasteiger charge is 2.43. The minimum absolute atomic E-state index is 0.0787. The van der Waals surface area contributed by atoms with E-state index in [1.54, 1.807) is 7.11 Å². The van der Waals surface area contributed by atoms with Crippen molar-refractivity contribution in [3.05, 3.63) is 0 Å². The quantitative estimate of drug-likeness (QED) is 0.706. The lowest BCUT2D eigenvalue weighted by Gasteiger charge is -2.34. The van der Waals surface area contributed by atoms with Crippen LogP contribution in [-0.4, -0.2) is 66.4 Å². The van der Waals surface area contributed by atoms with Gasteiger partial charge >= 0.3 is 8.80 Å². The number of fused-ring (bicyclic) bond motifs is 2. The first-order valence-electron chi connectivity index (χ1n) is 6.95. The van der Waals surface area contributed by atoms with Gasteiger partial charge in [0.15, 0.2) is 0 Å². The monoisotopic (exact) mass is 275 g/mol. The summed E-state index contributed by atoms with van der Waals surface area (Å²) >= 11 is 0. The third-order valence-corrected chi connectivity index (χ3v) is 6.51. The summed E-state index contributed by atoms with van der Waals surface area (Å²) < 4.78 is 23.5. The molecule has 0 saturated carbocycles. The Morgan fingerprint density at radius 3 is 3.00 bits per heavy atom. The van der Waals surface area contributed by atoms with Crippen LogP contribution in [-0.2, 0) is 18.0 Å². The molecule has 18 heavy (non-hydrogen) atoms. The topological polar surface area (TPSA) is 40.2 Å². The molecule has 0 aromatic rings. The fraction of sp³-hybridized carbons (Fsp3) is 1.00. The second kappa shape index (κ2) is 6.98. The number of hydrogen-bond acceptors (Lipinski definition) is 5. The van der Waals surface area contributed by atoms with Gasteiger partial charge in [0, 0.05) is 39.5 Å². The number of nitrogens with zero attached hydrogens (tertiary/aromatic N) is 1. The summed E-state index contributed by atoms with van der Waals surface area (Å²) in [4.78, 5) is 2.40. The van der Waals surface area contributed by atoms with Gasteiger partial charge in [0.05, 0.1) is 12.7 Å². The van der Waals surface area contributed by atoms with E-state index >= 15 is 0 Å². The highest BCUT2D eigenvalue weighted by Crippen LogP contribution is 2.23. The second-order valence-corrected chi connectivity index (χ2v) is 7.70. The van der Waals surface area contributed by atoms with Crippen molar-refractivity contribution in [2.24, 2.45) is 0 Å². The van der Waals surface area contributed by atoms with E-state index in [0.29, 0.717) is 6.61 Å². The maximum absolute atomic E-state index is 6.21. The third kappa shape index (κ3) is 3.75. The first-order chi connectivity index (χ1) is 8.78. The van der Waals surface area contributed by atoms with E-state index in [-0.39, 0.29) is 6.10 Å². The van der Waals surface area contributed by atoms with E-state index in [4.69, 9.17) is 18.0 Å². The molecule has 2 bridgehead atoms. The summed E-state index contributed by atoms with van der Waals surface area (Å²) in [6, 6.07) is 0.867. The van der Waals surface area contributed by atoms with Crippen LogP contribution in [0.1, 0.15) is 19.8 Å². The maximum Gasteiger partial charge on any atom is 0.501 e. The summed E-state index contributed by atoms with van der Waals surface area (Å²) in [5.74, 6) is 0. The van der Waals surface area contributed by atoms with Crippen molar-refractivity contribution in [3.8, 4) is 0 Å². The van der Waals surface area contributed by atoms with Crippen molar-refractivity contribution in [2.45, 2.75) is 31.9 Å². The van der Waals surface area contributed by atoms with Crippen molar-refractivity contribution < 1.29 is 18.0 Å². The van der Waals surface area contributed by atoms with Gasteiger partial charge < -0.3 is 22.9 Å². The molecule has 106 valence electrons. The summed E-state index contributed by atoms with van der Waals surface area (Å²) in [5.41, 5.74) is 0. The van der Waals surface area contributed by atoms with E-state index < -0.39 is 8.80 Å². The molecule has 2 rings (SSSR count). The van der Waals surface area contributed by atoms with Crippen molar-refractivity contribution in [2.75, 3.05) is 46.6 Å². The van der Waals surface area contributed by atoms with Gasteiger partial charge in [-0.2, -0.15) is 0 Å². The minimum Gasteiger partial charge on any atom is -0.379 e. The number of hydrogen-bond donors (Lipinski definition) is 0. The molecule has 2 atom stereocenters. The van der Waals surface area contributed by atoms with Crippen LogP contribution in [0.4, 0.5) is 0 Å². The van der Waals surface area contributed by atoms with Crippen LogP contribution in [0.5, 0.6) is 0 Å². The second-order valence-electron chi connectivity index (χ2n) is 4.90. The lowest BCUT2D eigenvalue weighted by molar-refractivity contribution is -0.0252. The number of rotatable bonds is 2. The van der Waals surface area contributed by atoms with Gasteiger partial charge in [0.2, 0.25) is 0 Å². The molecule has 0 aliphatic carbocycles. The van der Waals surface area contributed by atoms with Crippen LogP contribution >= 0.6 is 0 Å². The molecule has 0 N–H and O–H groups in total. The average Bonchev–Trinajstić information content (AvgIpc) is 2.46. The van der Waals surface area contributed by atoms with Crippen molar-refractivity contribution in [1.82, 2.24) is 4.90 Å². The third-order valence-electron chi connectivity index (χ3n) is 3.58. The lowest BCUT2D eigenvalue weighted by Crippen LogP contribution is -2.51. The SMILES string of the molecule is CCN1CCCO[Si]2(OC)CCCOCC(C1)O2. The highest BCUT2D eigenvalue weighted by atomic mass is 28.4. The highest BCUT2D eigenvalue weighted by molar-refractivity contribution is 6.60. The van der Waals surface area contributed by atoms with Gasteiger partial charge in [-0.1, -0.05) is 6.92 Å². The molecule has 0 aromatic carbocycles. The van der Waals surface area contributed by atoms with Crippen molar-refractivity contribution in [3.63, 3.8) is 0 Å². The maximum atomic E-state index is 6.21. The Bertz CT molecular complexity index is 256. The first-order valence-corrected chi connectivity index (χ1v) is 8.88. The molecular formula is C12H25NO4Si. The van der Waals surface area contributed by atoms with E-state index in [9.17, 15) is 0 Å². The van der Waals surface area contributed by atoms with Crippen LogP contribution < -0.4 is 0 Å². The summed E-state index contributed by atoms with van der Waals surface area (Å²) in [6.07, 6.45) is 2.09. The van der Waals surface area contributed by atoms with Gasteiger partial charge in [-0.15, -0.1) is 0 Å². The molecule has 0 aromatic heterocycles. The molecule has 2 fully saturated rings. The Balaban J connectivity index is 2.09. The van der Waals surface area contributed by atoms with Crippen molar-refractivity contribution in [1.29, 1.82) is 0 Å². The van der Waals surface area contributed by atoms with Gasteiger partial charge in [0.25, 0.3) is 0 Å². The molecule has 2 saturated heterocycles. The van der Waals surface area contributed by atoms with E-state index in [0.717, 1.165) is 51.7 Å². The lowest BCUT2D eigenvalue weighted by atomic mass is 10.3. The Kier molecular flexibility index (Phi) is 5.59. The summed E-state index contributed by atoms with van der Waals surface area (Å²) in [6.45, 7) is 7.38. The largest absolute Gasteiger partial charge is 0.501 e. The molecule has 2 heterocycles. The predicted octanol–water partition coefficient (Wildman–Crippen LogP) is 1.12. The van der Waals surface area contributed by atoms with Crippen LogP contribution in [0.15, 0.2) is 0 Å². The van der Waals surface area contributed by atoms with E-state index in [1.807, 2.05) is 0 Å². The van der Waals surface area contributed by atoms with Crippen LogP contribution in [0.25, 0.3) is 0 Å². The van der Waals surface area contributed by atoms with Crippen LogP contribution in [0.3, 0.4) is 0 Å². The fourth-order valence-corrected chi connectivity index (χ4v) is 4.97. The zero-order chi connectivity index (χ0) is 12.8. The molecular weight excluding hydrogens is 250 g/mol. The average molecular weight is 275 g/mol. The van der Waals surface area contributed by atoms with Gasteiger partial charge in [-0.05, 0) is 19.4 Å². The van der Waals surface area contributed by atoms with Gasteiger partial charge in [-0.3, -0.25) is 0 Å². The normalized spacial score (nSPS) is 36.0. The fourth-order valence-electron chi connectivity index (χ4n) is 2.54. The Labute approximate surface area is 111 Å². The van der Waals surface area contributed by atoms with Crippen LogP contribution in [0.2, 0.25) is 6.04 Å². The summed E-state index contributed by atoms with van der Waals surface area (Å²) in [5, 5.41) is 0. The molecule has 6 heteroatoms. The van der Waals surface area contributed by atoms with Crippen LogP contribution in [0, 0.1) is 0 Å². The predicted molar refractivity (Wildman–Crippen MR) is 70.6 cm³/mol. The zero-order valence-corrected chi connectivity index (χ0v) is 12.5. The minimum atomic E-state index is -2.45. The number of likely N-dealkylation sites (N-methyl/N-ethyl adjacent to an activating group) is 1. The zero-order valence-electron chi connectivity index (χ0n) is 11.5. The molecule has 0 spiro atoms. The molecule has 5 nitrogen and oxygen atoms in total. The summed E-state index contributed by atoms with van der Waals surface area (Å²) in [7, 11) is -0.730. The molecule has 2 unspecified atom stereocenters. The van der Waals surface area contributed by atoms with Gasteiger partial charge in [0.1, 0.15) is 0 Å². The van der Waals surface area contributed by atoms with Crippen molar-refractivity contribution >= 4 is 8.80 Å². The number of ether oxygens (including phenoxy) is 1.